The first-order valence-corrected chi connectivity index (χ1v) is 12.5. The quantitative estimate of drug-likeness (QED) is 0.232. The molecule has 0 aliphatic rings. The third kappa shape index (κ3) is 4.56. The van der Waals surface area contributed by atoms with Crippen LogP contribution in [-0.4, -0.2) is 89.9 Å². The minimum Gasteiger partial charge on any atom is -0.377 e. The highest BCUT2D eigenvalue weighted by Gasteiger charge is 2.89. The highest BCUT2D eigenvalue weighted by atomic mass is 28.4. The van der Waals surface area contributed by atoms with Gasteiger partial charge < -0.3 is 26.6 Å². The molecule has 18 heteroatoms. The van der Waals surface area contributed by atoms with Crippen LogP contribution >= 0.6 is 0 Å². The summed E-state index contributed by atoms with van der Waals surface area (Å²) in [5, 5.41) is 0. The zero-order chi connectivity index (χ0) is 26.9. The molecule has 0 aliphatic heterocycles. The second-order valence-electron chi connectivity index (χ2n) is 6.84. The van der Waals surface area contributed by atoms with E-state index in [0.717, 1.165) is 0 Å². The zero-order valence-electron chi connectivity index (χ0n) is 18.9. The van der Waals surface area contributed by atoms with Gasteiger partial charge in [0.05, 0.1) is 11.1 Å². The van der Waals surface area contributed by atoms with Crippen molar-refractivity contribution in [2.24, 2.45) is 0 Å². The number of rotatable bonds is 14. The summed E-state index contributed by atoms with van der Waals surface area (Å²) in [5.74, 6) is -33.5. The average molecular weight is 549 g/mol. The van der Waals surface area contributed by atoms with Crippen LogP contribution in [0.2, 0.25) is 11.1 Å². The molecule has 33 heavy (non-hydrogen) atoms. The van der Waals surface area contributed by atoms with E-state index >= 15 is 0 Å². The standard InChI is InChI=1S/C15H26F10O6Si2/c1-9(32(26-3,27-4)28-5)11(16,17)13(20,21)15(24,25)14(22,23)12(18,19)10(2)33(29-6,30-7)31-8/h9-10H,1-8H3. The van der Waals surface area contributed by atoms with Crippen LogP contribution in [0.1, 0.15) is 13.8 Å². The highest BCUT2D eigenvalue weighted by Crippen LogP contribution is 2.63. The summed E-state index contributed by atoms with van der Waals surface area (Å²) >= 11 is 0. The van der Waals surface area contributed by atoms with Gasteiger partial charge in [-0.15, -0.1) is 0 Å². The Labute approximate surface area is 186 Å². The van der Waals surface area contributed by atoms with Crippen molar-refractivity contribution in [1.82, 2.24) is 0 Å². The van der Waals surface area contributed by atoms with E-state index in [-0.39, 0.29) is 13.8 Å². The van der Waals surface area contributed by atoms with Crippen molar-refractivity contribution in [3.8, 4) is 0 Å². The van der Waals surface area contributed by atoms with Gasteiger partial charge in [0.25, 0.3) is 0 Å². The fourth-order valence-electron chi connectivity index (χ4n) is 3.16. The molecular weight excluding hydrogens is 522 g/mol. The van der Waals surface area contributed by atoms with Crippen LogP contribution in [0.25, 0.3) is 0 Å². The van der Waals surface area contributed by atoms with Crippen molar-refractivity contribution >= 4 is 17.6 Å². The lowest BCUT2D eigenvalue weighted by Gasteiger charge is -2.45. The minimum absolute atomic E-state index is 0.213. The van der Waals surface area contributed by atoms with Crippen molar-refractivity contribution in [3.05, 3.63) is 0 Å². The lowest BCUT2D eigenvalue weighted by Crippen LogP contribution is -2.71. The van der Waals surface area contributed by atoms with Crippen LogP contribution in [-0.2, 0) is 26.6 Å². The molecule has 0 spiro atoms. The van der Waals surface area contributed by atoms with E-state index < -0.39 is 58.3 Å². The minimum atomic E-state index is -7.31. The van der Waals surface area contributed by atoms with Gasteiger partial charge in [-0.1, -0.05) is 13.8 Å². The molecule has 0 fully saturated rings. The molecule has 0 heterocycles. The molecule has 0 rings (SSSR count). The fourth-order valence-corrected chi connectivity index (χ4v) is 7.54. The van der Waals surface area contributed by atoms with Crippen molar-refractivity contribution in [2.45, 2.75) is 54.5 Å². The maximum absolute atomic E-state index is 14.6. The Kier molecular flexibility index (Phi) is 10.1. The Morgan fingerprint density at radius 3 is 0.758 bits per heavy atom. The molecular formula is C15H26F10O6Si2. The molecule has 2 atom stereocenters. The smallest absolute Gasteiger partial charge is 0.377 e. The first-order chi connectivity index (χ1) is 14.7. The number of alkyl halides is 10. The Balaban J connectivity index is 6.73. The third-order valence-corrected chi connectivity index (χ3v) is 11.7. The van der Waals surface area contributed by atoms with Gasteiger partial charge in [-0.2, -0.15) is 43.9 Å². The predicted molar refractivity (Wildman–Crippen MR) is 97.1 cm³/mol. The van der Waals surface area contributed by atoms with Gasteiger partial charge in [0.15, 0.2) is 0 Å². The summed E-state index contributed by atoms with van der Waals surface area (Å²) in [6.45, 7) is 0.425. The lowest BCUT2D eigenvalue weighted by molar-refractivity contribution is -0.403. The van der Waals surface area contributed by atoms with E-state index in [4.69, 9.17) is 0 Å². The molecule has 0 N–H and O–H groups in total. The summed E-state index contributed by atoms with van der Waals surface area (Å²) in [6, 6.07) is 0. The molecule has 0 bridgehead atoms. The van der Waals surface area contributed by atoms with E-state index in [2.05, 4.69) is 26.6 Å². The predicted octanol–water partition coefficient (Wildman–Crippen LogP) is 4.70. The second-order valence-corrected chi connectivity index (χ2v) is 13.4. The fraction of sp³-hybridized carbons (Fsp3) is 1.00. The van der Waals surface area contributed by atoms with Gasteiger partial charge in [0.2, 0.25) is 0 Å². The Morgan fingerprint density at radius 2 is 0.606 bits per heavy atom. The molecule has 200 valence electrons. The van der Waals surface area contributed by atoms with Crippen LogP contribution in [0.3, 0.4) is 0 Å². The van der Waals surface area contributed by atoms with Crippen molar-refractivity contribution < 1.29 is 70.5 Å². The number of hydrogen-bond donors (Lipinski definition) is 0. The van der Waals surface area contributed by atoms with Gasteiger partial charge in [-0.3, -0.25) is 0 Å². The molecule has 0 amide bonds. The summed E-state index contributed by atoms with van der Waals surface area (Å²) in [6.07, 6.45) is 0. The normalized spacial score (nSPS) is 17.3. The summed E-state index contributed by atoms with van der Waals surface area (Å²) < 4.78 is 172. The second kappa shape index (κ2) is 10.2. The Hall–Kier alpha value is -0.506. The molecule has 0 aliphatic carbocycles. The zero-order valence-corrected chi connectivity index (χ0v) is 20.9. The van der Waals surface area contributed by atoms with E-state index in [9.17, 15) is 43.9 Å². The van der Waals surface area contributed by atoms with Crippen LogP contribution in [0.5, 0.6) is 0 Å². The molecule has 0 saturated carbocycles. The van der Waals surface area contributed by atoms with Gasteiger partial charge in [0, 0.05) is 42.7 Å². The van der Waals surface area contributed by atoms with Crippen LogP contribution in [0.15, 0.2) is 0 Å². The van der Waals surface area contributed by atoms with E-state index in [1.54, 1.807) is 0 Å². The first kappa shape index (κ1) is 32.5. The van der Waals surface area contributed by atoms with Crippen molar-refractivity contribution in [2.75, 3.05) is 42.7 Å². The molecule has 0 aromatic carbocycles. The first-order valence-electron chi connectivity index (χ1n) is 8.87. The van der Waals surface area contributed by atoms with Gasteiger partial charge in [-0.25, -0.2) is 0 Å². The average Bonchev–Trinajstić information content (AvgIpc) is 2.76. The van der Waals surface area contributed by atoms with Crippen LogP contribution in [0, 0.1) is 0 Å². The van der Waals surface area contributed by atoms with Crippen LogP contribution in [0.4, 0.5) is 43.9 Å². The van der Waals surface area contributed by atoms with Crippen molar-refractivity contribution in [3.63, 3.8) is 0 Å². The molecule has 2 unspecified atom stereocenters. The van der Waals surface area contributed by atoms with Gasteiger partial charge in [0.1, 0.15) is 0 Å². The molecule has 0 radical (unpaired) electrons. The molecule has 0 aromatic rings. The molecule has 0 aromatic heterocycles. The summed E-state index contributed by atoms with van der Waals surface area (Å²) in [7, 11) is -5.75. The Bertz CT molecular complexity index is 578. The lowest BCUT2D eigenvalue weighted by atomic mass is 9.92. The topological polar surface area (TPSA) is 55.4 Å². The number of halogens is 10. The van der Waals surface area contributed by atoms with E-state index in [1.807, 2.05) is 0 Å². The van der Waals surface area contributed by atoms with Crippen molar-refractivity contribution in [1.29, 1.82) is 0 Å². The largest absolute Gasteiger partial charge is 0.509 e. The monoisotopic (exact) mass is 548 g/mol. The summed E-state index contributed by atoms with van der Waals surface area (Å²) in [4.78, 5) is 0. The van der Waals surface area contributed by atoms with Gasteiger partial charge in [-0.05, 0) is 0 Å². The molecule has 0 saturated heterocycles. The van der Waals surface area contributed by atoms with E-state index in [1.165, 1.54) is 0 Å². The number of hydrogen-bond acceptors (Lipinski definition) is 6. The maximum Gasteiger partial charge on any atom is 0.509 e. The SMILES string of the molecule is CO[Si](OC)(OC)C(C)C(F)(F)C(F)(F)C(F)(F)C(F)(F)C(F)(F)C(C)[Si](OC)(OC)OC. The van der Waals surface area contributed by atoms with Crippen LogP contribution < -0.4 is 0 Å². The maximum atomic E-state index is 14.6. The Morgan fingerprint density at radius 1 is 0.424 bits per heavy atom. The summed E-state index contributed by atoms with van der Waals surface area (Å²) in [5.41, 5.74) is -6.14. The highest BCUT2D eigenvalue weighted by molar-refractivity contribution is 6.63. The third-order valence-electron chi connectivity index (χ3n) is 5.48. The molecule has 6 nitrogen and oxygen atoms in total. The van der Waals surface area contributed by atoms with E-state index in [0.29, 0.717) is 42.7 Å². The van der Waals surface area contributed by atoms with Gasteiger partial charge >= 0.3 is 47.2 Å².